The van der Waals surface area contributed by atoms with Crippen molar-refractivity contribution < 1.29 is 19.4 Å². The lowest BCUT2D eigenvalue weighted by atomic mass is 10.1. The van der Waals surface area contributed by atoms with Crippen LogP contribution in [-0.2, 0) is 16.0 Å². The minimum atomic E-state index is -0.803. The summed E-state index contributed by atoms with van der Waals surface area (Å²) in [6.45, 7) is 2.08. The molecule has 0 saturated carbocycles. The molecule has 1 amide bonds. The normalized spacial score (nSPS) is 9.95. The van der Waals surface area contributed by atoms with Gasteiger partial charge < -0.3 is 9.84 Å². The van der Waals surface area contributed by atoms with E-state index >= 15 is 0 Å². The molecule has 2 N–H and O–H groups in total. The SMILES string of the molecule is CCOC(=O)Nc1cccc(CCSCC(=O)O)c1. The van der Waals surface area contributed by atoms with E-state index < -0.39 is 12.1 Å². The number of thioether (sulfide) groups is 1. The molecule has 5 nitrogen and oxygen atoms in total. The third kappa shape index (κ3) is 6.71. The van der Waals surface area contributed by atoms with E-state index in [0.717, 1.165) is 17.7 Å². The predicted molar refractivity (Wildman–Crippen MR) is 75.8 cm³/mol. The van der Waals surface area contributed by atoms with Crippen molar-refractivity contribution in [1.82, 2.24) is 0 Å². The molecule has 0 radical (unpaired) electrons. The second-order valence-electron chi connectivity index (χ2n) is 3.74. The van der Waals surface area contributed by atoms with E-state index in [-0.39, 0.29) is 5.75 Å². The van der Waals surface area contributed by atoms with E-state index in [4.69, 9.17) is 9.84 Å². The van der Waals surface area contributed by atoms with Gasteiger partial charge in [0.05, 0.1) is 12.4 Å². The average molecular weight is 283 g/mol. The first kappa shape index (κ1) is 15.4. The highest BCUT2D eigenvalue weighted by atomic mass is 32.2. The molecular formula is C13H17NO4S. The molecule has 0 aliphatic heterocycles. The molecule has 0 atom stereocenters. The van der Waals surface area contributed by atoms with Crippen LogP contribution in [0.5, 0.6) is 0 Å². The summed E-state index contributed by atoms with van der Waals surface area (Å²) in [4.78, 5) is 21.6. The van der Waals surface area contributed by atoms with Crippen molar-refractivity contribution in [3.05, 3.63) is 29.8 Å². The molecule has 0 aliphatic rings. The Labute approximate surface area is 116 Å². The van der Waals surface area contributed by atoms with Gasteiger partial charge in [0.1, 0.15) is 0 Å². The van der Waals surface area contributed by atoms with E-state index in [1.165, 1.54) is 11.8 Å². The summed E-state index contributed by atoms with van der Waals surface area (Å²) in [5, 5.41) is 11.2. The first-order chi connectivity index (χ1) is 9.11. The topological polar surface area (TPSA) is 75.6 Å². The van der Waals surface area contributed by atoms with Gasteiger partial charge in [0.25, 0.3) is 0 Å². The summed E-state index contributed by atoms with van der Waals surface area (Å²) in [5.74, 6) is 0.0402. The number of carboxylic acid groups (broad SMARTS) is 1. The van der Waals surface area contributed by atoms with E-state index in [1.807, 2.05) is 18.2 Å². The molecule has 0 heterocycles. The maximum Gasteiger partial charge on any atom is 0.411 e. The van der Waals surface area contributed by atoms with E-state index in [2.05, 4.69) is 5.32 Å². The average Bonchev–Trinajstić information content (AvgIpc) is 2.35. The van der Waals surface area contributed by atoms with Gasteiger partial charge in [-0.25, -0.2) is 4.79 Å². The molecule has 19 heavy (non-hydrogen) atoms. The number of anilines is 1. The molecular weight excluding hydrogens is 266 g/mol. The number of hydrogen-bond donors (Lipinski definition) is 2. The Bertz CT molecular complexity index is 436. The zero-order valence-electron chi connectivity index (χ0n) is 10.7. The fraction of sp³-hybridized carbons (Fsp3) is 0.385. The Balaban J connectivity index is 2.43. The molecule has 0 aliphatic carbocycles. The third-order valence-corrected chi connectivity index (χ3v) is 3.15. The number of nitrogens with one attached hydrogen (secondary N) is 1. The van der Waals surface area contributed by atoms with Crippen molar-refractivity contribution in [3.63, 3.8) is 0 Å². The van der Waals surface area contributed by atoms with Gasteiger partial charge in [0.2, 0.25) is 0 Å². The Kier molecular flexibility index (Phi) is 6.81. The number of benzene rings is 1. The van der Waals surface area contributed by atoms with Crippen LogP contribution in [0.4, 0.5) is 10.5 Å². The smallest absolute Gasteiger partial charge is 0.411 e. The molecule has 1 aromatic carbocycles. The number of carbonyl (C=O) groups is 2. The molecule has 0 unspecified atom stereocenters. The summed E-state index contributed by atoms with van der Waals surface area (Å²) < 4.78 is 4.79. The standard InChI is InChI=1S/C13H17NO4S/c1-2-18-13(17)14-11-5-3-4-10(8-11)6-7-19-9-12(15)16/h3-5,8H,2,6-7,9H2,1H3,(H,14,17)(H,15,16). The fourth-order valence-electron chi connectivity index (χ4n) is 1.44. The quantitative estimate of drug-likeness (QED) is 0.752. The van der Waals surface area contributed by atoms with Crippen molar-refractivity contribution >= 4 is 29.5 Å². The van der Waals surface area contributed by atoms with Crippen molar-refractivity contribution in [2.24, 2.45) is 0 Å². The maximum absolute atomic E-state index is 11.3. The summed E-state index contributed by atoms with van der Waals surface area (Å²) in [6, 6.07) is 7.43. The number of aliphatic carboxylic acids is 1. The van der Waals surface area contributed by atoms with E-state index in [1.54, 1.807) is 13.0 Å². The maximum atomic E-state index is 11.3. The minimum Gasteiger partial charge on any atom is -0.481 e. The number of hydrogen-bond acceptors (Lipinski definition) is 4. The van der Waals surface area contributed by atoms with Gasteiger partial charge in [0, 0.05) is 5.69 Å². The lowest BCUT2D eigenvalue weighted by Crippen LogP contribution is -2.13. The Hall–Kier alpha value is -1.69. The van der Waals surface area contributed by atoms with Gasteiger partial charge in [-0.3, -0.25) is 10.1 Å². The van der Waals surface area contributed by atoms with E-state index in [0.29, 0.717) is 12.3 Å². The zero-order chi connectivity index (χ0) is 14.1. The first-order valence-corrected chi connectivity index (χ1v) is 7.09. The van der Waals surface area contributed by atoms with Crippen molar-refractivity contribution in [3.8, 4) is 0 Å². The summed E-state index contributed by atoms with van der Waals surface area (Å²) in [5.41, 5.74) is 1.73. The Morgan fingerprint density at radius 1 is 1.42 bits per heavy atom. The van der Waals surface area contributed by atoms with Crippen molar-refractivity contribution in [2.45, 2.75) is 13.3 Å². The van der Waals surface area contributed by atoms with Crippen LogP contribution in [0.15, 0.2) is 24.3 Å². The monoisotopic (exact) mass is 283 g/mol. The summed E-state index contributed by atoms with van der Waals surface area (Å²) >= 11 is 1.37. The summed E-state index contributed by atoms with van der Waals surface area (Å²) in [7, 11) is 0. The largest absolute Gasteiger partial charge is 0.481 e. The predicted octanol–water partition coefficient (Wildman–Crippen LogP) is 2.62. The number of carbonyl (C=O) groups excluding carboxylic acids is 1. The number of carboxylic acids is 1. The number of ether oxygens (including phenoxy) is 1. The second kappa shape index (κ2) is 8.42. The van der Waals surface area contributed by atoms with Gasteiger partial charge in [-0.05, 0) is 36.8 Å². The highest BCUT2D eigenvalue weighted by Gasteiger charge is 2.03. The molecule has 1 rings (SSSR count). The van der Waals surface area contributed by atoms with Crippen LogP contribution in [0.1, 0.15) is 12.5 Å². The van der Waals surface area contributed by atoms with Gasteiger partial charge in [0.15, 0.2) is 0 Å². The highest BCUT2D eigenvalue weighted by molar-refractivity contribution is 7.99. The number of rotatable bonds is 7. The number of aryl methyl sites for hydroxylation is 1. The van der Waals surface area contributed by atoms with Gasteiger partial charge in [-0.15, -0.1) is 11.8 Å². The van der Waals surface area contributed by atoms with Crippen LogP contribution >= 0.6 is 11.8 Å². The molecule has 0 spiro atoms. The van der Waals surface area contributed by atoms with Gasteiger partial charge in [-0.2, -0.15) is 0 Å². The van der Waals surface area contributed by atoms with Gasteiger partial charge in [-0.1, -0.05) is 12.1 Å². The third-order valence-electron chi connectivity index (χ3n) is 2.21. The van der Waals surface area contributed by atoms with Crippen LogP contribution < -0.4 is 5.32 Å². The van der Waals surface area contributed by atoms with Crippen LogP contribution in [-0.4, -0.2) is 35.3 Å². The van der Waals surface area contributed by atoms with Crippen LogP contribution in [0.25, 0.3) is 0 Å². The fourth-order valence-corrected chi connectivity index (χ4v) is 2.14. The van der Waals surface area contributed by atoms with Crippen LogP contribution in [0.3, 0.4) is 0 Å². The molecule has 0 saturated heterocycles. The molecule has 1 aromatic rings. The molecule has 0 fully saturated rings. The van der Waals surface area contributed by atoms with Crippen molar-refractivity contribution in [2.75, 3.05) is 23.4 Å². The van der Waals surface area contributed by atoms with E-state index in [9.17, 15) is 9.59 Å². The van der Waals surface area contributed by atoms with Crippen LogP contribution in [0, 0.1) is 0 Å². The summed E-state index contributed by atoms with van der Waals surface area (Å²) in [6.07, 6.45) is 0.288. The van der Waals surface area contributed by atoms with Gasteiger partial charge >= 0.3 is 12.1 Å². The number of amides is 1. The van der Waals surface area contributed by atoms with Crippen LogP contribution in [0.2, 0.25) is 0 Å². The molecule has 6 heteroatoms. The lowest BCUT2D eigenvalue weighted by molar-refractivity contribution is -0.133. The molecule has 0 aromatic heterocycles. The minimum absolute atomic E-state index is 0.112. The zero-order valence-corrected chi connectivity index (χ0v) is 11.5. The Morgan fingerprint density at radius 2 is 2.21 bits per heavy atom. The first-order valence-electron chi connectivity index (χ1n) is 5.94. The highest BCUT2D eigenvalue weighted by Crippen LogP contribution is 2.13. The lowest BCUT2D eigenvalue weighted by Gasteiger charge is -2.07. The molecule has 104 valence electrons. The second-order valence-corrected chi connectivity index (χ2v) is 4.85. The van der Waals surface area contributed by atoms with Crippen molar-refractivity contribution in [1.29, 1.82) is 0 Å². The molecule has 0 bridgehead atoms. The Morgan fingerprint density at radius 3 is 2.89 bits per heavy atom.